The fourth-order valence-electron chi connectivity index (χ4n) is 2.37. The van der Waals surface area contributed by atoms with E-state index in [2.05, 4.69) is 31.3 Å². The third-order valence-corrected chi connectivity index (χ3v) is 3.70. The van der Waals surface area contributed by atoms with Crippen molar-refractivity contribution < 1.29 is 14.3 Å². The maximum atomic E-state index is 12.2. The summed E-state index contributed by atoms with van der Waals surface area (Å²) in [6.07, 6.45) is 1.06. The van der Waals surface area contributed by atoms with E-state index in [0.717, 1.165) is 12.0 Å². The van der Waals surface area contributed by atoms with Crippen molar-refractivity contribution in [2.24, 2.45) is 11.7 Å². The topological polar surface area (TPSA) is 73.6 Å². The number of carbonyl (C=O) groups is 1. The van der Waals surface area contributed by atoms with Crippen LogP contribution in [0.1, 0.15) is 37.8 Å². The molecule has 1 rings (SSSR count). The van der Waals surface area contributed by atoms with Gasteiger partial charge in [-0.2, -0.15) is 0 Å². The van der Waals surface area contributed by atoms with Crippen LogP contribution in [0, 0.1) is 5.92 Å². The van der Waals surface area contributed by atoms with E-state index in [9.17, 15) is 4.79 Å². The van der Waals surface area contributed by atoms with Crippen LogP contribution >= 0.6 is 0 Å². The van der Waals surface area contributed by atoms with Crippen molar-refractivity contribution in [1.29, 1.82) is 0 Å². The van der Waals surface area contributed by atoms with E-state index < -0.39 is 0 Å². The van der Waals surface area contributed by atoms with Gasteiger partial charge >= 0.3 is 0 Å². The molecule has 0 radical (unpaired) electrons. The lowest BCUT2D eigenvalue weighted by atomic mass is 9.96. The first-order valence-corrected chi connectivity index (χ1v) is 8.76. The van der Waals surface area contributed by atoms with Crippen LogP contribution in [0.3, 0.4) is 0 Å². The fraction of sp³-hybridized carbons (Fsp3) is 0.632. The second-order valence-electron chi connectivity index (χ2n) is 6.37. The first-order chi connectivity index (χ1) is 11.5. The molecule has 0 saturated heterocycles. The SMILES string of the molecule is CC(C)Cc1ccc(C(C)C(=O)NCCOCCOCCN)cc1. The smallest absolute Gasteiger partial charge is 0.227 e. The van der Waals surface area contributed by atoms with Gasteiger partial charge < -0.3 is 20.5 Å². The van der Waals surface area contributed by atoms with Gasteiger partial charge in [-0.25, -0.2) is 0 Å². The highest BCUT2D eigenvalue weighted by molar-refractivity contribution is 5.83. The number of carbonyl (C=O) groups excluding carboxylic acids is 1. The lowest BCUT2D eigenvalue weighted by Crippen LogP contribution is -2.31. The molecule has 0 aliphatic rings. The van der Waals surface area contributed by atoms with Crippen molar-refractivity contribution in [3.05, 3.63) is 35.4 Å². The van der Waals surface area contributed by atoms with Gasteiger partial charge in [0.25, 0.3) is 0 Å². The number of ether oxygens (including phenoxy) is 2. The number of amides is 1. The summed E-state index contributed by atoms with van der Waals surface area (Å²) in [5.74, 6) is 0.498. The normalized spacial score (nSPS) is 12.4. The van der Waals surface area contributed by atoms with Gasteiger partial charge in [0.2, 0.25) is 5.91 Å². The summed E-state index contributed by atoms with van der Waals surface area (Å²) >= 11 is 0. The Kier molecular flexibility index (Phi) is 10.3. The molecular weight excluding hydrogens is 304 g/mol. The van der Waals surface area contributed by atoms with Gasteiger partial charge in [-0.15, -0.1) is 0 Å². The standard InChI is InChI=1S/C19H32N2O3/c1-15(2)14-17-4-6-18(7-5-17)16(3)19(22)21-9-11-24-13-12-23-10-8-20/h4-7,15-16H,8-14,20H2,1-3H3,(H,21,22). The Labute approximate surface area is 145 Å². The zero-order valence-electron chi connectivity index (χ0n) is 15.2. The monoisotopic (exact) mass is 336 g/mol. The Morgan fingerprint density at radius 2 is 1.67 bits per heavy atom. The van der Waals surface area contributed by atoms with Crippen LogP contribution in [0.15, 0.2) is 24.3 Å². The summed E-state index contributed by atoms with van der Waals surface area (Å²) in [7, 11) is 0. The molecule has 1 atom stereocenters. The predicted octanol–water partition coefficient (Wildman–Crippen LogP) is 2.10. The Balaban J connectivity index is 2.24. The zero-order valence-corrected chi connectivity index (χ0v) is 15.2. The van der Waals surface area contributed by atoms with Crippen LogP contribution in [-0.2, 0) is 20.7 Å². The van der Waals surface area contributed by atoms with Gasteiger partial charge in [-0.3, -0.25) is 4.79 Å². The Bertz CT molecular complexity index is 460. The van der Waals surface area contributed by atoms with Crippen LogP contribution in [0.2, 0.25) is 0 Å². The van der Waals surface area contributed by atoms with E-state index in [0.29, 0.717) is 45.4 Å². The molecule has 1 unspecified atom stereocenters. The van der Waals surface area contributed by atoms with Crippen molar-refractivity contribution in [3.63, 3.8) is 0 Å². The quantitative estimate of drug-likeness (QED) is 0.573. The van der Waals surface area contributed by atoms with Crippen LogP contribution in [-0.4, -0.2) is 45.4 Å². The third-order valence-electron chi connectivity index (χ3n) is 3.70. The molecule has 0 bridgehead atoms. The Morgan fingerprint density at radius 3 is 2.25 bits per heavy atom. The molecular formula is C19H32N2O3. The molecule has 5 nitrogen and oxygen atoms in total. The maximum Gasteiger partial charge on any atom is 0.227 e. The van der Waals surface area contributed by atoms with Crippen molar-refractivity contribution in [3.8, 4) is 0 Å². The highest BCUT2D eigenvalue weighted by Crippen LogP contribution is 2.17. The molecule has 0 aromatic heterocycles. The molecule has 0 aliphatic carbocycles. The van der Waals surface area contributed by atoms with Gasteiger partial charge in [0.05, 0.1) is 32.3 Å². The van der Waals surface area contributed by atoms with Gasteiger partial charge in [-0.05, 0) is 30.4 Å². The summed E-state index contributed by atoms with van der Waals surface area (Å²) in [6, 6.07) is 8.33. The minimum Gasteiger partial charge on any atom is -0.378 e. The molecule has 5 heteroatoms. The van der Waals surface area contributed by atoms with Crippen molar-refractivity contribution in [2.75, 3.05) is 39.5 Å². The predicted molar refractivity (Wildman–Crippen MR) is 97.1 cm³/mol. The molecule has 0 heterocycles. The molecule has 24 heavy (non-hydrogen) atoms. The highest BCUT2D eigenvalue weighted by atomic mass is 16.5. The third kappa shape index (κ3) is 8.43. The molecule has 0 saturated carbocycles. The lowest BCUT2D eigenvalue weighted by Gasteiger charge is -2.14. The van der Waals surface area contributed by atoms with E-state index >= 15 is 0 Å². The lowest BCUT2D eigenvalue weighted by molar-refractivity contribution is -0.122. The molecule has 0 aliphatic heterocycles. The van der Waals surface area contributed by atoms with Gasteiger partial charge in [-0.1, -0.05) is 38.1 Å². The number of rotatable bonds is 12. The Morgan fingerprint density at radius 1 is 1.04 bits per heavy atom. The average molecular weight is 336 g/mol. The average Bonchev–Trinajstić information content (AvgIpc) is 2.56. The molecule has 1 aromatic rings. The first-order valence-electron chi connectivity index (χ1n) is 8.76. The van der Waals surface area contributed by atoms with Crippen LogP contribution < -0.4 is 11.1 Å². The van der Waals surface area contributed by atoms with E-state index in [1.165, 1.54) is 5.56 Å². The molecule has 136 valence electrons. The van der Waals surface area contributed by atoms with Gasteiger partial charge in [0.15, 0.2) is 0 Å². The van der Waals surface area contributed by atoms with E-state index in [-0.39, 0.29) is 11.8 Å². The van der Waals surface area contributed by atoms with E-state index in [1.54, 1.807) is 0 Å². The summed E-state index contributed by atoms with van der Waals surface area (Å²) in [6.45, 7) is 9.44. The summed E-state index contributed by atoms with van der Waals surface area (Å²) in [5.41, 5.74) is 7.67. The van der Waals surface area contributed by atoms with E-state index in [4.69, 9.17) is 15.2 Å². The number of benzene rings is 1. The zero-order chi connectivity index (χ0) is 17.8. The number of hydrogen-bond donors (Lipinski definition) is 2. The molecule has 3 N–H and O–H groups in total. The van der Waals surface area contributed by atoms with Crippen LogP contribution in [0.25, 0.3) is 0 Å². The second kappa shape index (κ2) is 12.0. The molecule has 1 aromatic carbocycles. The molecule has 1 amide bonds. The summed E-state index contributed by atoms with van der Waals surface area (Å²) in [4.78, 5) is 12.2. The Hall–Kier alpha value is -1.43. The van der Waals surface area contributed by atoms with Crippen molar-refractivity contribution >= 4 is 5.91 Å². The van der Waals surface area contributed by atoms with Crippen LogP contribution in [0.5, 0.6) is 0 Å². The summed E-state index contributed by atoms with van der Waals surface area (Å²) < 4.78 is 10.6. The first kappa shape index (κ1) is 20.6. The highest BCUT2D eigenvalue weighted by Gasteiger charge is 2.14. The largest absolute Gasteiger partial charge is 0.378 e. The van der Waals surface area contributed by atoms with Gasteiger partial charge in [0.1, 0.15) is 0 Å². The van der Waals surface area contributed by atoms with Crippen LogP contribution in [0.4, 0.5) is 0 Å². The number of nitrogens with two attached hydrogens (primary N) is 1. The minimum atomic E-state index is -0.161. The van der Waals surface area contributed by atoms with E-state index in [1.807, 2.05) is 19.1 Å². The van der Waals surface area contributed by atoms with Crippen molar-refractivity contribution in [2.45, 2.75) is 33.1 Å². The summed E-state index contributed by atoms with van der Waals surface area (Å²) in [5, 5.41) is 2.91. The molecule has 0 spiro atoms. The second-order valence-corrected chi connectivity index (χ2v) is 6.37. The number of hydrogen-bond acceptors (Lipinski definition) is 4. The number of nitrogens with one attached hydrogen (secondary N) is 1. The molecule has 0 fully saturated rings. The maximum absolute atomic E-state index is 12.2. The van der Waals surface area contributed by atoms with Gasteiger partial charge in [0, 0.05) is 13.1 Å². The minimum absolute atomic E-state index is 0.0228. The fourth-order valence-corrected chi connectivity index (χ4v) is 2.37. The van der Waals surface area contributed by atoms with Crippen molar-refractivity contribution in [1.82, 2.24) is 5.32 Å².